The number of rotatable bonds is 4. The number of hydrogen-bond acceptors (Lipinski definition) is 3. The van der Waals surface area contributed by atoms with Crippen molar-refractivity contribution in [3.05, 3.63) is 77.4 Å². The zero-order valence-electron chi connectivity index (χ0n) is 15.9. The summed E-state index contributed by atoms with van der Waals surface area (Å²) in [5.41, 5.74) is 5.31. The van der Waals surface area contributed by atoms with E-state index >= 15 is 0 Å². The molecule has 0 N–H and O–H groups in total. The van der Waals surface area contributed by atoms with Crippen LogP contribution >= 0.6 is 0 Å². The number of piperazine rings is 1. The van der Waals surface area contributed by atoms with Crippen molar-refractivity contribution in [2.24, 2.45) is 0 Å². The molecule has 0 spiro atoms. The highest BCUT2D eigenvalue weighted by Gasteiger charge is 2.23. The average Bonchev–Trinajstić information content (AvgIpc) is 2.99. The molecule has 4 nitrogen and oxygen atoms in total. The van der Waals surface area contributed by atoms with E-state index in [2.05, 4.69) is 35.8 Å². The molecule has 27 heavy (non-hydrogen) atoms. The van der Waals surface area contributed by atoms with Gasteiger partial charge in [-0.25, -0.2) is 9.07 Å². The third-order valence-electron chi connectivity index (χ3n) is 5.29. The summed E-state index contributed by atoms with van der Waals surface area (Å²) in [5, 5.41) is 4.77. The molecule has 5 heteroatoms. The molecule has 2 aromatic carbocycles. The van der Waals surface area contributed by atoms with E-state index in [9.17, 15) is 4.39 Å². The van der Waals surface area contributed by atoms with Gasteiger partial charge in [0.25, 0.3) is 0 Å². The Morgan fingerprint density at radius 1 is 0.889 bits per heavy atom. The predicted molar refractivity (Wildman–Crippen MR) is 107 cm³/mol. The lowest BCUT2D eigenvalue weighted by Crippen LogP contribution is -2.46. The van der Waals surface area contributed by atoms with Gasteiger partial charge in [-0.1, -0.05) is 36.4 Å². The van der Waals surface area contributed by atoms with Gasteiger partial charge in [-0.05, 0) is 32.0 Å². The maximum atomic E-state index is 13.9. The number of nitrogens with zero attached hydrogens (tertiary/aromatic N) is 4. The number of aromatic nitrogens is 2. The molecule has 0 saturated carbocycles. The molecule has 1 aromatic heterocycles. The molecule has 1 saturated heterocycles. The van der Waals surface area contributed by atoms with E-state index in [1.165, 1.54) is 17.4 Å². The van der Waals surface area contributed by atoms with E-state index in [0.29, 0.717) is 6.54 Å². The molecule has 4 rings (SSSR count). The molecule has 1 aliphatic heterocycles. The summed E-state index contributed by atoms with van der Waals surface area (Å²) in [7, 11) is 0. The number of halogens is 1. The van der Waals surface area contributed by atoms with Crippen LogP contribution in [0.25, 0.3) is 5.69 Å². The highest BCUT2D eigenvalue weighted by molar-refractivity contribution is 5.57. The Labute approximate surface area is 159 Å². The SMILES string of the molecule is Cc1nn(-c2ccccc2)c(C)c1N1CCN(Cc2ccccc2F)CC1. The second kappa shape index (κ2) is 7.53. The first-order valence-corrected chi connectivity index (χ1v) is 9.46. The zero-order chi connectivity index (χ0) is 18.8. The van der Waals surface area contributed by atoms with Crippen molar-refractivity contribution in [2.75, 3.05) is 31.1 Å². The van der Waals surface area contributed by atoms with Crippen molar-refractivity contribution >= 4 is 5.69 Å². The highest BCUT2D eigenvalue weighted by Crippen LogP contribution is 2.28. The van der Waals surface area contributed by atoms with Gasteiger partial charge >= 0.3 is 0 Å². The predicted octanol–water partition coefficient (Wildman–Crippen LogP) is 3.95. The van der Waals surface area contributed by atoms with E-state index in [4.69, 9.17) is 5.10 Å². The van der Waals surface area contributed by atoms with Gasteiger partial charge in [-0.2, -0.15) is 5.10 Å². The summed E-state index contributed by atoms with van der Waals surface area (Å²) in [6.07, 6.45) is 0. The first-order valence-electron chi connectivity index (χ1n) is 9.46. The zero-order valence-corrected chi connectivity index (χ0v) is 15.9. The number of benzene rings is 2. The van der Waals surface area contributed by atoms with Crippen molar-refractivity contribution in [3.8, 4) is 5.69 Å². The van der Waals surface area contributed by atoms with Gasteiger partial charge in [0.1, 0.15) is 5.82 Å². The lowest BCUT2D eigenvalue weighted by atomic mass is 10.1. The fourth-order valence-corrected chi connectivity index (χ4v) is 3.91. The van der Waals surface area contributed by atoms with Crippen LogP contribution in [-0.4, -0.2) is 40.9 Å². The van der Waals surface area contributed by atoms with Crippen LogP contribution < -0.4 is 4.90 Å². The quantitative estimate of drug-likeness (QED) is 0.701. The van der Waals surface area contributed by atoms with Gasteiger partial charge in [-0.15, -0.1) is 0 Å². The highest BCUT2D eigenvalue weighted by atomic mass is 19.1. The molecular formula is C22H25FN4. The Hall–Kier alpha value is -2.66. The van der Waals surface area contributed by atoms with Crippen molar-refractivity contribution < 1.29 is 4.39 Å². The van der Waals surface area contributed by atoms with Crippen LogP contribution in [0, 0.1) is 19.7 Å². The molecule has 0 amide bonds. The lowest BCUT2D eigenvalue weighted by Gasteiger charge is -2.36. The van der Waals surface area contributed by atoms with Crippen LogP contribution in [0.5, 0.6) is 0 Å². The van der Waals surface area contributed by atoms with E-state index in [0.717, 1.165) is 43.1 Å². The van der Waals surface area contributed by atoms with Crippen LogP contribution in [0.4, 0.5) is 10.1 Å². The molecule has 0 bridgehead atoms. The fourth-order valence-electron chi connectivity index (χ4n) is 3.91. The summed E-state index contributed by atoms with van der Waals surface area (Å²) in [5.74, 6) is -0.115. The Kier molecular flexibility index (Phi) is 4.94. The molecule has 0 unspecified atom stereocenters. The van der Waals surface area contributed by atoms with Gasteiger partial charge in [0.05, 0.1) is 22.8 Å². The third kappa shape index (κ3) is 3.60. The Bertz CT molecular complexity index is 911. The molecule has 0 aliphatic carbocycles. The van der Waals surface area contributed by atoms with Crippen molar-refractivity contribution in [2.45, 2.75) is 20.4 Å². The maximum Gasteiger partial charge on any atom is 0.127 e. The topological polar surface area (TPSA) is 24.3 Å². The molecule has 0 radical (unpaired) electrons. The van der Waals surface area contributed by atoms with Gasteiger partial charge in [0.2, 0.25) is 0 Å². The standard InChI is InChI=1S/C22H25FN4/c1-17-22(18(2)27(24-17)20-9-4-3-5-10-20)26-14-12-25(13-15-26)16-19-8-6-7-11-21(19)23/h3-11H,12-16H2,1-2H3. The second-order valence-corrected chi connectivity index (χ2v) is 7.12. The molecule has 3 aromatic rings. The lowest BCUT2D eigenvalue weighted by molar-refractivity contribution is 0.246. The number of para-hydroxylation sites is 1. The van der Waals surface area contributed by atoms with Crippen molar-refractivity contribution in [1.82, 2.24) is 14.7 Å². The Morgan fingerprint density at radius 3 is 2.26 bits per heavy atom. The largest absolute Gasteiger partial charge is 0.366 e. The van der Waals surface area contributed by atoms with Crippen LogP contribution in [0.3, 0.4) is 0 Å². The van der Waals surface area contributed by atoms with Gasteiger partial charge in [-0.3, -0.25) is 4.90 Å². The molecule has 1 fully saturated rings. The van der Waals surface area contributed by atoms with Crippen LogP contribution in [-0.2, 0) is 6.54 Å². The minimum Gasteiger partial charge on any atom is -0.366 e. The van der Waals surface area contributed by atoms with Gasteiger partial charge in [0, 0.05) is 38.3 Å². The summed E-state index contributed by atoms with van der Waals surface area (Å²) in [6, 6.07) is 17.3. The number of hydrogen-bond donors (Lipinski definition) is 0. The molecule has 140 valence electrons. The van der Waals surface area contributed by atoms with Gasteiger partial charge in [0.15, 0.2) is 0 Å². The molecular weight excluding hydrogens is 339 g/mol. The van der Waals surface area contributed by atoms with Crippen LogP contribution in [0.2, 0.25) is 0 Å². The van der Waals surface area contributed by atoms with E-state index in [1.807, 2.05) is 35.0 Å². The summed E-state index contributed by atoms with van der Waals surface area (Å²) in [6.45, 7) is 8.57. The number of aryl methyl sites for hydroxylation is 1. The average molecular weight is 364 g/mol. The Morgan fingerprint density at radius 2 is 1.56 bits per heavy atom. The fraction of sp³-hybridized carbons (Fsp3) is 0.318. The van der Waals surface area contributed by atoms with Crippen molar-refractivity contribution in [3.63, 3.8) is 0 Å². The minimum atomic E-state index is -0.115. The summed E-state index contributed by atoms with van der Waals surface area (Å²) < 4.78 is 15.9. The monoisotopic (exact) mass is 364 g/mol. The van der Waals surface area contributed by atoms with E-state index in [1.54, 1.807) is 6.07 Å². The molecule has 1 aliphatic rings. The Balaban J connectivity index is 1.47. The molecule has 2 heterocycles. The summed E-state index contributed by atoms with van der Waals surface area (Å²) >= 11 is 0. The smallest absolute Gasteiger partial charge is 0.127 e. The van der Waals surface area contributed by atoms with E-state index in [-0.39, 0.29) is 5.82 Å². The first kappa shape index (κ1) is 17.7. The first-order chi connectivity index (χ1) is 13.1. The van der Waals surface area contributed by atoms with Crippen molar-refractivity contribution in [1.29, 1.82) is 0 Å². The van der Waals surface area contributed by atoms with Crippen LogP contribution in [0.1, 0.15) is 17.0 Å². The third-order valence-corrected chi connectivity index (χ3v) is 5.29. The minimum absolute atomic E-state index is 0.115. The second-order valence-electron chi connectivity index (χ2n) is 7.12. The number of anilines is 1. The van der Waals surface area contributed by atoms with Crippen LogP contribution in [0.15, 0.2) is 54.6 Å². The van der Waals surface area contributed by atoms with E-state index < -0.39 is 0 Å². The normalized spacial score (nSPS) is 15.3. The molecule has 0 atom stereocenters. The summed E-state index contributed by atoms with van der Waals surface area (Å²) in [4.78, 5) is 4.73. The maximum absolute atomic E-state index is 13.9. The van der Waals surface area contributed by atoms with Gasteiger partial charge < -0.3 is 4.90 Å².